The highest BCUT2D eigenvalue weighted by molar-refractivity contribution is 9.10. The molecule has 7 aromatic rings. The van der Waals surface area contributed by atoms with Crippen molar-refractivity contribution in [2.45, 2.75) is 0 Å². The van der Waals surface area contributed by atoms with Gasteiger partial charge in [0.25, 0.3) is 0 Å². The van der Waals surface area contributed by atoms with Crippen molar-refractivity contribution in [2.75, 3.05) is 0 Å². The van der Waals surface area contributed by atoms with E-state index in [-0.39, 0.29) is 0 Å². The zero-order valence-corrected chi connectivity index (χ0v) is 19.3. The average molecular weight is 487 g/mol. The second-order valence-corrected chi connectivity index (χ2v) is 9.32. The highest BCUT2D eigenvalue weighted by atomic mass is 79.9. The molecule has 0 saturated heterocycles. The van der Waals surface area contributed by atoms with Crippen LogP contribution in [0.25, 0.3) is 55.0 Å². The molecule has 0 aliphatic carbocycles. The first-order valence-corrected chi connectivity index (χ1v) is 11.9. The topological polar surface area (TPSA) is 9.86 Å². The second-order valence-electron chi connectivity index (χ2n) is 8.41. The first kappa shape index (κ1) is 18.7. The lowest BCUT2D eigenvalue weighted by Crippen LogP contribution is -1.94. The number of fused-ring (bicyclic) bond motifs is 6. The molecular formula is C30H19BrN2. The van der Waals surface area contributed by atoms with Crippen molar-refractivity contribution in [3.8, 4) is 11.4 Å². The first-order chi connectivity index (χ1) is 16.3. The van der Waals surface area contributed by atoms with E-state index in [0.717, 1.165) is 4.47 Å². The molecule has 2 nitrogen and oxygen atoms in total. The van der Waals surface area contributed by atoms with E-state index >= 15 is 0 Å². The second kappa shape index (κ2) is 7.09. The third-order valence-electron chi connectivity index (χ3n) is 6.55. The van der Waals surface area contributed by atoms with Crippen LogP contribution < -0.4 is 0 Å². The lowest BCUT2D eigenvalue weighted by molar-refractivity contribution is 1.17. The van der Waals surface area contributed by atoms with Crippen molar-refractivity contribution < 1.29 is 0 Å². The van der Waals surface area contributed by atoms with Gasteiger partial charge in [-0.2, -0.15) is 0 Å². The molecule has 0 unspecified atom stereocenters. The molecule has 156 valence electrons. The summed E-state index contributed by atoms with van der Waals surface area (Å²) < 4.78 is 5.85. The number of rotatable bonds is 2. The zero-order chi connectivity index (χ0) is 21.9. The van der Waals surface area contributed by atoms with E-state index in [1.54, 1.807) is 0 Å². The Kier molecular flexibility index (Phi) is 4.02. The van der Waals surface area contributed by atoms with E-state index in [9.17, 15) is 0 Å². The first-order valence-electron chi connectivity index (χ1n) is 11.1. The highest BCUT2D eigenvalue weighted by Crippen LogP contribution is 2.40. The van der Waals surface area contributed by atoms with Crippen LogP contribution in [0.1, 0.15) is 0 Å². The smallest absolute Gasteiger partial charge is 0.0548 e. The molecule has 0 atom stereocenters. The van der Waals surface area contributed by atoms with Crippen LogP contribution >= 0.6 is 15.9 Å². The molecule has 5 aromatic carbocycles. The fraction of sp³-hybridized carbons (Fsp3) is 0. The summed E-state index contributed by atoms with van der Waals surface area (Å²) in [5.74, 6) is 0. The van der Waals surface area contributed by atoms with Crippen LogP contribution in [0.15, 0.2) is 120 Å². The number of halogens is 1. The number of aromatic nitrogens is 2. The van der Waals surface area contributed by atoms with Crippen molar-refractivity contribution in [1.82, 2.24) is 9.13 Å². The molecule has 2 heterocycles. The maximum Gasteiger partial charge on any atom is 0.0548 e. The van der Waals surface area contributed by atoms with Gasteiger partial charge in [-0.15, -0.1) is 0 Å². The summed E-state index contributed by atoms with van der Waals surface area (Å²) >= 11 is 3.70. The predicted molar refractivity (Wildman–Crippen MR) is 143 cm³/mol. The van der Waals surface area contributed by atoms with Crippen LogP contribution in [-0.2, 0) is 0 Å². The van der Waals surface area contributed by atoms with Crippen LogP contribution in [0.4, 0.5) is 0 Å². The maximum atomic E-state index is 3.70. The van der Waals surface area contributed by atoms with Gasteiger partial charge in [-0.05, 0) is 60.7 Å². The summed E-state index contributed by atoms with van der Waals surface area (Å²) in [6.45, 7) is 0. The van der Waals surface area contributed by atoms with Gasteiger partial charge < -0.3 is 9.13 Å². The molecule has 0 N–H and O–H groups in total. The molecule has 33 heavy (non-hydrogen) atoms. The summed E-state index contributed by atoms with van der Waals surface area (Å²) in [4.78, 5) is 0. The minimum atomic E-state index is 1.09. The Morgan fingerprint density at radius 1 is 0.394 bits per heavy atom. The molecule has 0 aliphatic heterocycles. The predicted octanol–water partition coefficient (Wildman–Crippen LogP) is 8.64. The summed E-state index contributed by atoms with van der Waals surface area (Å²) in [5, 5.41) is 5.03. The fourth-order valence-corrected chi connectivity index (χ4v) is 5.52. The van der Waals surface area contributed by atoms with Gasteiger partial charge in [0.15, 0.2) is 0 Å². The van der Waals surface area contributed by atoms with Crippen LogP contribution in [0.2, 0.25) is 0 Å². The summed E-state index contributed by atoms with van der Waals surface area (Å²) in [5.41, 5.74) is 7.23. The fourth-order valence-electron chi connectivity index (χ4n) is 5.16. The molecule has 0 spiro atoms. The summed E-state index contributed by atoms with van der Waals surface area (Å²) in [6.07, 6.45) is 0. The molecule has 2 aromatic heterocycles. The molecule has 0 bridgehead atoms. The molecule has 0 radical (unpaired) electrons. The van der Waals surface area contributed by atoms with E-state index < -0.39 is 0 Å². The van der Waals surface area contributed by atoms with Gasteiger partial charge in [-0.25, -0.2) is 0 Å². The highest BCUT2D eigenvalue weighted by Gasteiger charge is 2.18. The van der Waals surface area contributed by atoms with Gasteiger partial charge in [-0.3, -0.25) is 0 Å². The number of para-hydroxylation sites is 3. The van der Waals surface area contributed by atoms with E-state index in [1.807, 2.05) is 0 Å². The van der Waals surface area contributed by atoms with E-state index in [1.165, 1.54) is 55.0 Å². The largest absolute Gasteiger partial charge is 0.309 e. The van der Waals surface area contributed by atoms with Crippen molar-refractivity contribution in [3.63, 3.8) is 0 Å². The van der Waals surface area contributed by atoms with Gasteiger partial charge in [0, 0.05) is 37.4 Å². The van der Waals surface area contributed by atoms with E-state index in [4.69, 9.17) is 0 Å². The lowest BCUT2D eigenvalue weighted by Gasteiger charge is -2.09. The Morgan fingerprint density at radius 3 is 1.52 bits per heavy atom. The Balaban J connectivity index is 1.71. The van der Waals surface area contributed by atoms with Crippen molar-refractivity contribution in [1.29, 1.82) is 0 Å². The summed E-state index contributed by atoms with van der Waals surface area (Å²) in [7, 11) is 0. The Bertz CT molecular complexity index is 1810. The van der Waals surface area contributed by atoms with Crippen LogP contribution in [0.5, 0.6) is 0 Å². The molecule has 0 amide bonds. The molecule has 7 rings (SSSR count). The number of hydrogen-bond acceptors (Lipinski definition) is 0. The molecular weight excluding hydrogens is 468 g/mol. The lowest BCUT2D eigenvalue weighted by atomic mass is 10.1. The normalized spacial score (nSPS) is 11.8. The molecule has 3 heteroatoms. The van der Waals surface area contributed by atoms with Crippen molar-refractivity contribution in [2.24, 2.45) is 0 Å². The summed E-state index contributed by atoms with van der Waals surface area (Å²) in [6, 6.07) is 41.3. The number of nitrogens with zero attached hydrogens (tertiary/aromatic N) is 2. The minimum Gasteiger partial charge on any atom is -0.309 e. The molecule has 0 fully saturated rings. The van der Waals surface area contributed by atoms with Crippen molar-refractivity contribution >= 4 is 59.5 Å². The van der Waals surface area contributed by atoms with Crippen LogP contribution in [0.3, 0.4) is 0 Å². The van der Waals surface area contributed by atoms with Gasteiger partial charge in [0.2, 0.25) is 0 Å². The van der Waals surface area contributed by atoms with Gasteiger partial charge in [0.1, 0.15) is 0 Å². The minimum absolute atomic E-state index is 1.09. The number of hydrogen-bond donors (Lipinski definition) is 0. The quantitative estimate of drug-likeness (QED) is 0.231. The van der Waals surface area contributed by atoms with E-state index in [0.29, 0.717) is 0 Å². The monoisotopic (exact) mass is 486 g/mol. The maximum absolute atomic E-state index is 3.70. The van der Waals surface area contributed by atoms with Gasteiger partial charge in [0.05, 0.1) is 22.1 Å². The van der Waals surface area contributed by atoms with Crippen molar-refractivity contribution in [3.05, 3.63) is 120 Å². The Morgan fingerprint density at radius 2 is 0.879 bits per heavy atom. The average Bonchev–Trinajstić information content (AvgIpc) is 3.35. The van der Waals surface area contributed by atoms with Crippen LogP contribution in [-0.4, -0.2) is 9.13 Å². The third-order valence-corrected chi connectivity index (χ3v) is 7.04. The van der Waals surface area contributed by atoms with Gasteiger partial charge in [-0.1, -0.05) is 70.5 Å². The zero-order valence-electron chi connectivity index (χ0n) is 17.7. The Labute approximate surface area is 199 Å². The van der Waals surface area contributed by atoms with E-state index in [2.05, 4.69) is 140 Å². The number of benzene rings is 5. The standard InChI is InChI=1S/C30H19BrN2/c31-20-15-16-28-24(17-20)26-19-29-25(18-30(26)33(28)22-11-5-2-6-12-22)23-13-7-8-14-27(23)32(29)21-9-3-1-4-10-21/h1-19H. The van der Waals surface area contributed by atoms with Crippen LogP contribution in [0, 0.1) is 0 Å². The SMILES string of the molecule is Brc1ccc2c(c1)c1cc3c(cc1n2-c1ccccc1)c1ccccc1n3-c1ccccc1. The Hall–Kier alpha value is -3.82. The van der Waals surface area contributed by atoms with Gasteiger partial charge >= 0.3 is 0 Å². The molecule has 0 saturated carbocycles. The molecule has 0 aliphatic rings. The third kappa shape index (κ3) is 2.73.